The van der Waals surface area contributed by atoms with Crippen LogP contribution in [0.1, 0.15) is 39.0 Å². The van der Waals surface area contributed by atoms with E-state index in [0.29, 0.717) is 11.6 Å². The maximum atomic E-state index is 11.6. The first-order chi connectivity index (χ1) is 12.0. The van der Waals surface area contributed by atoms with E-state index in [1.165, 1.54) is 11.8 Å². The molecule has 0 radical (unpaired) electrons. The summed E-state index contributed by atoms with van der Waals surface area (Å²) in [7, 11) is 0. The molecule has 7 heteroatoms. The number of hydrogen-bond donors (Lipinski definition) is 3. The quantitative estimate of drug-likeness (QED) is 0.411. The summed E-state index contributed by atoms with van der Waals surface area (Å²) in [5.74, 6) is -3.72. The monoisotopic (exact) mass is 364 g/mol. The Kier molecular flexibility index (Phi) is 7.31. The lowest BCUT2D eigenvalue weighted by Gasteiger charge is -2.19. The van der Waals surface area contributed by atoms with Crippen molar-refractivity contribution < 1.29 is 19.8 Å². The molecule has 0 spiro atoms. The molecule has 0 amide bonds. The summed E-state index contributed by atoms with van der Waals surface area (Å²) in [4.78, 5) is 30.7. The Hall–Kier alpha value is -2.02. The van der Waals surface area contributed by atoms with Crippen molar-refractivity contribution >= 4 is 34.7 Å². The van der Waals surface area contributed by atoms with Crippen LogP contribution in [0.2, 0.25) is 0 Å². The predicted molar refractivity (Wildman–Crippen MR) is 97.8 cm³/mol. The molecule has 0 saturated heterocycles. The maximum absolute atomic E-state index is 11.6. The third-order valence-electron chi connectivity index (χ3n) is 4.26. The highest BCUT2D eigenvalue weighted by Crippen LogP contribution is 2.28. The lowest BCUT2D eigenvalue weighted by Crippen LogP contribution is -2.31. The molecule has 1 aromatic heterocycles. The molecule has 0 fully saturated rings. The second-order valence-corrected chi connectivity index (χ2v) is 7.12. The van der Waals surface area contributed by atoms with Gasteiger partial charge >= 0.3 is 11.9 Å². The van der Waals surface area contributed by atoms with Gasteiger partial charge in [-0.15, -0.1) is 0 Å². The first kappa shape index (κ1) is 19.3. The van der Waals surface area contributed by atoms with Crippen LogP contribution in [0, 0.1) is 11.8 Å². The number of rotatable bonds is 11. The molecule has 0 aliphatic heterocycles. The Balaban J connectivity index is 2.02. The number of aromatic nitrogens is 2. The Morgan fingerprint density at radius 3 is 2.48 bits per heavy atom. The summed E-state index contributed by atoms with van der Waals surface area (Å²) in [5, 5.41) is 19.6. The fraction of sp³-hybridized carbons (Fsp3) is 0.500. The normalized spacial score (nSPS) is 13.6. The van der Waals surface area contributed by atoms with Crippen LogP contribution >= 0.6 is 11.8 Å². The van der Waals surface area contributed by atoms with Crippen LogP contribution in [0.25, 0.3) is 11.0 Å². The highest BCUT2D eigenvalue weighted by Gasteiger charge is 2.33. The van der Waals surface area contributed by atoms with E-state index in [1.54, 1.807) is 0 Å². The van der Waals surface area contributed by atoms with Crippen molar-refractivity contribution in [1.82, 2.24) is 9.97 Å². The van der Waals surface area contributed by atoms with Crippen LogP contribution in [0.5, 0.6) is 0 Å². The molecule has 0 bridgehead atoms. The third-order valence-corrected chi connectivity index (χ3v) is 5.25. The number of carboxylic acid groups (broad SMARTS) is 2. The van der Waals surface area contributed by atoms with Gasteiger partial charge in [0.15, 0.2) is 5.16 Å². The van der Waals surface area contributed by atoms with E-state index < -0.39 is 23.8 Å². The fourth-order valence-corrected chi connectivity index (χ4v) is 3.87. The molecular formula is C18H24N2O4S. The minimum Gasteiger partial charge on any atom is -0.481 e. The number of aromatic amines is 1. The lowest BCUT2D eigenvalue weighted by molar-refractivity contribution is -0.153. The van der Waals surface area contributed by atoms with E-state index in [4.69, 9.17) is 0 Å². The molecular weight excluding hydrogens is 340 g/mol. The molecule has 25 heavy (non-hydrogen) atoms. The Morgan fingerprint density at radius 2 is 1.84 bits per heavy atom. The molecule has 0 aliphatic rings. The van der Waals surface area contributed by atoms with E-state index in [9.17, 15) is 19.8 Å². The smallest absolute Gasteiger partial charge is 0.308 e. The van der Waals surface area contributed by atoms with Crippen LogP contribution < -0.4 is 0 Å². The summed E-state index contributed by atoms with van der Waals surface area (Å²) in [5.41, 5.74) is 1.69. The molecule has 2 atom stereocenters. The number of benzene rings is 1. The number of fused-ring (bicyclic) bond motifs is 1. The van der Waals surface area contributed by atoms with Gasteiger partial charge in [-0.1, -0.05) is 56.5 Å². The highest BCUT2D eigenvalue weighted by molar-refractivity contribution is 7.99. The average Bonchev–Trinajstić information content (AvgIpc) is 2.99. The fourth-order valence-electron chi connectivity index (χ4n) is 2.81. The summed E-state index contributed by atoms with van der Waals surface area (Å²) in [6.45, 7) is 2.08. The summed E-state index contributed by atoms with van der Waals surface area (Å²) in [6, 6.07) is 7.55. The van der Waals surface area contributed by atoms with Crippen LogP contribution in [-0.4, -0.2) is 37.9 Å². The number of unbranched alkanes of at least 4 members (excludes halogenated alkanes) is 3. The van der Waals surface area contributed by atoms with Crippen molar-refractivity contribution in [1.29, 1.82) is 0 Å². The van der Waals surface area contributed by atoms with Gasteiger partial charge in [-0.2, -0.15) is 0 Å². The molecule has 136 valence electrons. The van der Waals surface area contributed by atoms with E-state index in [2.05, 4.69) is 16.9 Å². The van der Waals surface area contributed by atoms with Crippen LogP contribution in [-0.2, 0) is 9.59 Å². The standard InChI is InChI=1S/C18H24N2O4S/c1-2-3-4-5-8-12(16(21)22)13(17(23)24)11-25-18-19-14-9-6-7-10-15(14)20-18/h6-7,9-10,12-13H,2-5,8,11H2,1H3,(H,19,20)(H,21,22)(H,23,24). The zero-order valence-electron chi connectivity index (χ0n) is 14.3. The molecule has 0 saturated carbocycles. The van der Waals surface area contributed by atoms with Crippen LogP contribution in [0.4, 0.5) is 0 Å². The molecule has 2 unspecified atom stereocenters. The van der Waals surface area contributed by atoms with Crippen molar-refractivity contribution in [2.75, 3.05) is 5.75 Å². The zero-order valence-corrected chi connectivity index (χ0v) is 15.1. The number of imidazole rings is 1. The maximum Gasteiger partial charge on any atom is 0.308 e. The van der Waals surface area contributed by atoms with Gasteiger partial charge in [-0.05, 0) is 18.6 Å². The van der Waals surface area contributed by atoms with Crippen LogP contribution in [0.3, 0.4) is 0 Å². The number of nitrogens with one attached hydrogen (secondary N) is 1. The molecule has 1 aromatic carbocycles. The van der Waals surface area contributed by atoms with Gasteiger partial charge in [-0.25, -0.2) is 4.98 Å². The predicted octanol–water partition coefficient (Wildman–Crippen LogP) is 4.03. The molecule has 1 heterocycles. The number of hydrogen-bond acceptors (Lipinski definition) is 4. The molecule has 2 rings (SSSR count). The summed E-state index contributed by atoms with van der Waals surface area (Å²) >= 11 is 1.26. The molecule has 3 N–H and O–H groups in total. The van der Waals surface area contributed by atoms with Crippen molar-refractivity contribution in [2.45, 2.75) is 44.2 Å². The Morgan fingerprint density at radius 1 is 1.12 bits per heavy atom. The number of nitrogens with zero attached hydrogens (tertiary/aromatic N) is 1. The van der Waals surface area contributed by atoms with Gasteiger partial charge in [0.1, 0.15) is 0 Å². The van der Waals surface area contributed by atoms with Crippen molar-refractivity contribution in [3.05, 3.63) is 24.3 Å². The number of para-hydroxylation sites is 2. The van der Waals surface area contributed by atoms with E-state index >= 15 is 0 Å². The molecule has 6 nitrogen and oxygen atoms in total. The van der Waals surface area contributed by atoms with Gasteiger partial charge in [0.25, 0.3) is 0 Å². The number of carboxylic acids is 2. The number of thioether (sulfide) groups is 1. The van der Waals surface area contributed by atoms with Gasteiger partial charge < -0.3 is 15.2 Å². The third kappa shape index (κ3) is 5.49. The minimum absolute atomic E-state index is 0.180. The summed E-state index contributed by atoms with van der Waals surface area (Å²) < 4.78 is 0. The minimum atomic E-state index is -1.06. The Bertz CT molecular complexity index is 683. The van der Waals surface area contributed by atoms with E-state index in [1.807, 2.05) is 24.3 Å². The lowest BCUT2D eigenvalue weighted by atomic mass is 9.89. The largest absolute Gasteiger partial charge is 0.481 e. The summed E-state index contributed by atoms with van der Waals surface area (Å²) in [6.07, 6.45) is 4.17. The number of H-pyrrole nitrogens is 1. The van der Waals surface area contributed by atoms with Gasteiger partial charge in [-0.3, -0.25) is 9.59 Å². The second-order valence-electron chi connectivity index (χ2n) is 6.11. The van der Waals surface area contributed by atoms with E-state index in [-0.39, 0.29) is 5.75 Å². The van der Waals surface area contributed by atoms with Crippen molar-refractivity contribution in [2.24, 2.45) is 11.8 Å². The van der Waals surface area contributed by atoms with Gasteiger partial charge in [0, 0.05) is 5.75 Å². The SMILES string of the molecule is CCCCCCC(C(=O)O)C(CSc1nc2ccccc2[nH]1)C(=O)O. The average molecular weight is 364 g/mol. The topological polar surface area (TPSA) is 103 Å². The van der Waals surface area contributed by atoms with Crippen LogP contribution in [0.15, 0.2) is 29.4 Å². The first-order valence-corrected chi connectivity index (χ1v) is 9.54. The highest BCUT2D eigenvalue weighted by atomic mass is 32.2. The zero-order chi connectivity index (χ0) is 18.2. The second kappa shape index (κ2) is 9.46. The number of aliphatic carboxylic acids is 2. The van der Waals surface area contributed by atoms with Gasteiger partial charge in [0.05, 0.1) is 22.9 Å². The molecule has 0 aliphatic carbocycles. The molecule has 2 aromatic rings. The Labute approximate surface area is 151 Å². The number of carbonyl (C=O) groups is 2. The van der Waals surface area contributed by atoms with Crippen molar-refractivity contribution in [3.8, 4) is 0 Å². The van der Waals surface area contributed by atoms with Crippen molar-refractivity contribution in [3.63, 3.8) is 0 Å². The first-order valence-electron chi connectivity index (χ1n) is 8.56. The van der Waals surface area contributed by atoms with E-state index in [0.717, 1.165) is 36.7 Å². The van der Waals surface area contributed by atoms with Gasteiger partial charge in [0.2, 0.25) is 0 Å².